The van der Waals surface area contributed by atoms with E-state index in [-0.39, 0.29) is 12.1 Å². The highest BCUT2D eigenvalue weighted by Gasteiger charge is 2.09. The van der Waals surface area contributed by atoms with Crippen LogP contribution in [0, 0.1) is 17.2 Å². The molecule has 0 atom stereocenters. The maximum Gasteiger partial charge on any atom is 0.325 e. The van der Waals surface area contributed by atoms with Crippen LogP contribution in [0.15, 0.2) is 11.8 Å². The minimum absolute atomic E-state index is 0.0695. The van der Waals surface area contributed by atoms with Crippen LogP contribution in [0.4, 0.5) is 0 Å². The molecule has 18 heavy (non-hydrogen) atoms. The first-order valence-electron chi connectivity index (χ1n) is 5.78. The summed E-state index contributed by atoms with van der Waals surface area (Å²) in [7, 11) is 0. The monoisotopic (exact) mass is 253 g/mol. The Kier molecular flexibility index (Phi) is 8.03. The van der Waals surface area contributed by atoms with Gasteiger partial charge in [-0.3, -0.25) is 9.59 Å². The molecule has 0 heterocycles. The van der Waals surface area contributed by atoms with Gasteiger partial charge in [-0.25, -0.2) is 0 Å². The molecule has 6 nitrogen and oxygen atoms in total. The number of carbonyl (C=O) groups is 2. The summed E-state index contributed by atoms with van der Waals surface area (Å²) in [4.78, 5) is 22.5. The lowest BCUT2D eigenvalue weighted by Gasteiger charge is -2.07. The van der Waals surface area contributed by atoms with Crippen LogP contribution >= 0.6 is 0 Å². The SMILES string of the molecule is CCOC(=O)CN/C=C(/C#N)C(=O)NCC(C)C. The minimum Gasteiger partial charge on any atom is -0.465 e. The molecule has 0 saturated carbocycles. The molecule has 0 aromatic heterocycles. The first-order valence-corrected chi connectivity index (χ1v) is 5.78. The fourth-order valence-electron chi connectivity index (χ4n) is 0.989. The van der Waals surface area contributed by atoms with Crippen molar-refractivity contribution in [1.29, 1.82) is 5.26 Å². The molecule has 1 amide bonds. The zero-order valence-electron chi connectivity index (χ0n) is 10.9. The summed E-state index contributed by atoms with van der Waals surface area (Å²) < 4.78 is 4.68. The van der Waals surface area contributed by atoms with E-state index in [1.54, 1.807) is 13.0 Å². The van der Waals surface area contributed by atoms with Gasteiger partial charge in [0.05, 0.1) is 6.61 Å². The normalized spacial score (nSPS) is 10.7. The van der Waals surface area contributed by atoms with Crippen molar-refractivity contribution in [2.75, 3.05) is 19.7 Å². The molecule has 0 aromatic carbocycles. The third-order valence-corrected chi connectivity index (χ3v) is 1.83. The molecule has 0 aromatic rings. The third kappa shape index (κ3) is 7.28. The molecular weight excluding hydrogens is 234 g/mol. The van der Waals surface area contributed by atoms with Crippen molar-refractivity contribution < 1.29 is 14.3 Å². The number of ether oxygens (including phenoxy) is 1. The Labute approximate surface area is 107 Å². The van der Waals surface area contributed by atoms with E-state index in [4.69, 9.17) is 5.26 Å². The molecule has 0 saturated heterocycles. The van der Waals surface area contributed by atoms with Crippen LogP contribution in [0.1, 0.15) is 20.8 Å². The summed E-state index contributed by atoms with van der Waals surface area (Å²) in [5.74, 6) is -0.586. The van der Waals surface area contributed by atoms with Crippen LogP contribution < -0.4 is 10.6 Å². The summed E-state index contributed by atoms with van der Waals surface area (Å²) in [6.45, 7) is 6.33. The van der Waals surface area contributed by atoms with Crippen LogP contribution in [0.3, 0.4) is 0 Å². The molecule has 0 aliphatic heterocycles. The van der Waals surface area contributed by atoms with Gasteiger partial charge >= 0.3 is 5.97 Å². The van der Waals surface area contributed by atoms with Crippen molar-refractivity contribution in [3.8, 4) is 6.07 Å². The average molecular weight is 253 g/mol. The third-order valence-electron chi connectivity index (χ3n) is 1.83. The number of hydrogen-bond donors (Lipinski definition) is 2. The summed E-state index contributed by atoms with van der Waals surface area (Å²) in [6.07, 6.45) is 1.21. The van der Waals surface area contributed by atoms with E-state index in [0.717, 1.165) is 0 Å². The Hall–Kier alpha value is -2.03. The second-order valence-electron chi connectivity index (χ2n) is 3.96. The van der Waals surface area contributed by atoms with Crippen molar-refractivity contribution in [2.45, 2.75) is 20.8 Å². The maximum absolute atomic E-state index is 11.5. The van der Waals surface area contributed by atoms with E-state index < -0.39 is 11.9 Å². The summed E-state index contributed by atoms with van der Waals surface area (Å²) in [5, 5.41) is 14.0. The summed E-state index contributed by atoms with van der Waals surface area (Å²) >= 11 is 0. The molecular formula is C12H19N3O3. The number of rotatable bonds is 7. The van der Waals surface area contributed by atoms with Gasteiger partial charge in [-0.15, -0.1) is 0 Å². The smallest absolute Gasteiger partial charge is 0.325 e. The van der Waals surface area contributed by atoms with E-state index in [9.17, 15) is 9.59 Å². The molecule has 0 bridgehead atoms. The van der Waals surface area contributed by atoms with Gasteiger partial charge in [0.15, 0.2) is 0 Å². The number of carbonyl (C=O) groups excluding carboxylic acids is 2. The lowest BCUT2D eigenvalue weighted by Crippen LogP contribution is -2.29. The molecule has 6 heteroatoms. The zero-order valence-corrected chi connectivity index (χ0v) is 10.9. The molecule has 0 rings (SSSR count). The number of nitriles is 1. The molecule has 0 fully saturated rings. The van der Waals surface area contributed by atoms with Crippen LogP contribution in [0.2, 0.25) is 0 Å². The topological polar surface area (TPSA) is 91.2 Å². The molecule has 100 valence electrons. The maximum atomic E-state index is 11.5. The van der Waals surface area contributed by atoms with Gasteiger partial charge in [0.2, 0.25) is 0 Å². The lowest BCUT2D eigenvalue weighted by molar-refractivity contribution is -0.141. The number of nitrogens with one attached hydrogen (secondary N) is 2. The van der Waals surface area contributed by atoms with Gasteiger partial charge in [0.25, 0.3) is 5.91 Å². The van der Waals surface area contributed by atoms with Crippen molar-refractivity contribution in [3.63, 3.8) is 0 Å². The molecule has 0 unspecified atom stereocenters. The van der Waals surface area contributed by atoms with Gasteiger partial charge in [0.1, 0.15) is 18.2 Å². The highest BCUT2D eigenvalue weighted by molar-refractivity contribution is 5.97. The van der Waals surface area contributed by atoms with E-state index in [0.29, 0.717) is 19.1 Å². The Bertz CT molecular complexity index is 356. The van der Waals surface area contributed by atoms with Gasteiger partial charge < -0.3 is 15.4 Å². The van der Waals surface area contributed by atoms with E-state index in [2.05, 4.69) is 15.4 Å². The summed E-state index contributed by atoms with van der Waals surface area (Å²) in [6, 6.07) is 1.77. The number of amides is 1. The predicted octanol–water partition coefficient (Wildman–Crippen LogP) is 0.319. The first kappa shape index (κ1) is 16.0. The van der Waals surface area contributed by atoms with Crippen LogP contribution in [-0.2, 0) is 14.3 Å². The predicted molar refractivity (Wildman–Crippen MR) is 66.2 cm³/mol. The largest absolute Gasteiger partial charge is 0.465 e. The molecule has 0 radical (unpaired) electrons. The quantitative estimate of drug-likeness (QED) is 0.387. The molecule has 0 aliphatic rings. The van der Waals surface area contributed by atoms with Crippen molar-refractivity contribution in [1.82, 2.24) is 10.6 Å². The van der Waals surface area contributed by atoms with Crippen LogP contribution in [0.25, 0.3) is 0 Å². The Morgan fingerprint density at radius 1 is 1.44 bits per heavy atom. The average Bonchev–Trinajstić information content (AvgIpc) is 2.32. The summed E-state index contributed by atoms with van der Waals surface area (Å²) in [5.41, 5.74) is -0.0695. The second kappa shape index (κ2) is 9.05. The Morgan fingerprint density at radius 3 is 2.61 bits per heavy atom. The van der Waals surface area contributed by atoms with Gasteiger partial charge in [-0.05, 0) is 12.8 Å². The molecule has 0 spiro atoms. The van der Waals surface area contributed by atoms with Crippen molar-refractivity contribution >= 4 is 11.9 Å². The zero-order chi connectivity index (χ0) is 14.0. The highest BCUT2D eigenvalue weighted by Crippen LogP contribution is 1.93. The number of hydrogen-bond acceptors (Lipinski definition) is 5. The van der Waals surface area contributed by atoms with Gasteiger partial charge in [-0.1, -0.05) is 13.8 Å². The van der Waals surface area contributed by atoms with E-state index in [1.165, 1.54) is 6.20 Å². The highest BCUT2D eigenvalue weighted by atomic mass is 16.5. The standard InChI is InChI=1S/C12H19N3O3/c1-4-18-11(16)8-14-7-10(5-13)12(17)15-6-9(2)3/h7,9,14H,4,6,8H2,1-3H3,(H,15,17)/b10-7-. The van der Waals surface area contributed by atoms with Gasteiger partial charge in [-0.2, -0.15) is 5.26 Å². The first-order chi connectivity index (χ1) is 8.51. The number of esters is 1. The fraction of sp³-hybridized carbons (Fsp3) is 0.583. The Balaban J connectivity index is 4.19. The minimum atomic E-state index is -0.456. The molecule has 2 N–H and O–H groups in total. The number of nitrogens with zero attached hydrogens (tertiary/aromatic N) is 1. The molecule has 0 aliphatic carbocycles. The van der Waals surface area contributed by atoms with Crippen LogP contribution in [-0.4, -0.2) is 31.6 Å². The van der Waals surface area contributed by atoms with Crippen molar-refractivity contribution in [2.24, 2.45) is 5.92 Å². The van der Waals surface area contributed by atoms with Gasteiger partial charge in [0, 0.05) is 12.7 Å². The van der Waals surface area contributed by atoms with Crippen LogP contribution in [0.5, 0.6) is 0 Å². The Morgan fingerprint density at radius 2 is 2.11 bits per heavy atom. The fourth-order valence-corrected chi connectivity index (χ4v) is 0.989. The van der Waals surface area contributed by atoms with E-state index >= 15 is 0 Å². The lowest BCUT2D eigenvalue weighted by atomic mass is 10.2. The van der Waals surface area contributed by atoms with Crippen molar-refractivity contribution in [3.05, 3.63) is 11.8 Å². The second-order valence-corrected chi connectivity index (χ2v) is 3.96. The van der Waals surface area contributed by atoms with E-state index in [1.807, 2.05) is 13.8 Å².